The van der Waals surface area contributed by atoms with E-state index in [4.69, 9.17) is 11.6 Å². The molecule has 1 rings (SSSR count). The number of ether oxygens (including phenoxy) is 1. The van der Waals surface area contributed by atoms with Crippen molar-refractivity contribution in [3.63, 3.8) is 0 Å². The van der Waals surface area contributed by atoms with Crippen molar-refractivity contribution in [3.8, 4) is 0 Å². The van der Waals surface area contributed by atoms with E-state index in [1.54, 1.807) is 0 Å². The molecule has 0 saturated carbocycles. The first-order valence-corrected chi connectivity index (χ1v) is 4.53. The molecule has 0 spiro atoms. The molecule has 0 aliphatic carbocycles. The number of hydrogen-bond donors (Lipinski definition) is 0. The van der Waals surface area contributed by atoms with Gasteiger partial charge in [0, 0.05) is 29.3 Å². The number of nitro groups is 2. The molecule has 90 valence electrons. The van der Waals surface area contributed by atoms with E-state index in [1.807, 2.05) is 0 Å². The summed E-state index contributed by atoms with van der Waals surface area (Å²) >= 11 is 4.90. The van der Waals surface area contributed by atoms with Gasteiger partial charge in [0.15, 0.2) is 0 Å². The lowest BCUT2D eigenvalue weighted by Crippen LogP contribution is -1.99. The highest BCUT2D eigenvalue weighted by Crippen LogP contribution is 2.23. The molecule has 0 atom stereocenters. The van der Waals surface area contributed by atoms with Crippen molar-refractivity contribution in [2.24, 2.45) is 0 Å². The summed E-state index contributed by atoms with van der Waals surface area (Å²) in [5, 5.41) is 21.0. The zero-order chi connectivity index (χ0) is 13.0. The SMILES string of the molecule is O=C(Cl)OCc1cc([N+](=O)[O-])cc([N+](=O)[O-])c1. The van der Waals surface area contributed by atoms with Crippen LogP contribution in [0.1, 0.15) is 5.56 Å². The number of carbonyl (C=O) groups excluding carboxylic acids is 1. The van der Waals surface area contributed by atoms with Crippen LogP contribution in [0.4, 0.5) is 16.2 Å². The molecular weight excluding hydrogens is 256 g/mol. The fraction of sp³-hybridized carbons (Fsp3) is 0.125. The van der Waals surface area contributed by atoms with Gasteiger partial charge in [-0.1, -0.05) is 0 Å². The maximum absolute atomic E-state index is 10.5. The molecule has 0 unspecified atom stereocenters. The van der Waals surface area contributed by atoms with Crippen molar-refractivity contribution >= 4 is 28.4 Å². The Kier molecular flexibility index (Phi) is 3.94. The van der Waals surface area contributed by atoms with E-state index < -0.39 is 26.6 Å². The normalized spacial score (nSPS) is 9.71. The zero-order valence-electron chi connectivity index (χ0n) is 8.16. The highest BCUT2D eigenvalue weighted by Gasteiger charge is 2.16. The first-order chi connectivity index (χ1) is 7.90. The van der Waals surface area contributed by atoms with E-state index in [1.165, 1.54) is 0 Å². The summed E-state index contributed by atoms with van der Waals surface area (Å²) in [4.78, 5) is 29.8. The molecule has 0 radical (unpaired) electrons. The lowest BCUT2D eigenvalue weighted by Gasteiger charge is -2.01. The monoisotopic (exact) mass is 260 g/mol. The van der Waals surface area contributed by atoms with Gasteiger partial charge >= 0.3 is 5.43 Å². The Labute approximate surface area is 99.0 Å². The van der Waals surface area contributed by atoms with Gasteiger partial charge < -0.3 is 4.74 Å². The van der Waals surface area contributed by atoms with E-state index >= 15 is 0 Å². The molecular formula is C8H5ClN2O6. The summed E-state index contributed by atoms with van der Waals surface area (Å²) in [5.41, 5.74) is -1.90. The molecule has 0 fully saturated rings. The lowest BCUT2D eigenvalue weighted by molar-refractivity contribution is -0.394. The molecule has 1 aromatic carbocycles. The van der Waals surface area contributed by atoms with Crippen molar-refractivity contribution in [1.82, 2.24) is 0 Å². The van der Waals surface area contributed by atoms with Crippen molar-refractivity contribution < 1.29 is 19.4 Å². The maximum Gasteiger partial charge on any atom is 0.404 e. The average Bonchev–Trinajstić information content (AvgIpc) is 2.25. The average molecular weight is 261 g/mol. The van der Waals surface area contributed by atoms with Gasteiger partial charge in [-0.15, -0.1) is 0 Å². The summed E-state index contributed by atoms with van der Waals surface area (Å²) < 4.78 is 4.38. The van der Waals surface area contributed by atoms with Gasteiger partial charge in [0.05, 0.1) is 15.9 Å². The van der Waals surface area contributed by atoms with Crippen molar-refractivity contribution in [3.05, 3.63) is 44.0 Å². The van der Waals surface area contributed by atoms with Crippen LogP contribution in [0.3, 0.4) is 0 Å². The highest BCUT2D eigenvalue weighted by molar-refractivity contribution is 6.61. The van der Waals surface area contributed by atoms with Crippen LogP contribution in [-0.4, -0.2) is 15.3 Å². The number of halogens is 1. The minimum Gasteiger partial charge on any atom is -0.449 e. The molecule has 1 aromatic rings. The van der Waals surface area contributed by atoms with Crippen LogP contribution in [0.2, 0.25) is 0 Å². The fourth-order valence-corrected chi connectivity index (χ4v) is 1.15. The second-order valence-corrected chi connectivity index (χ2v) is 3.21. The number of rotatable bonds is 4. The Bertz CT molecular complexity index is 457. The molecule has 0 amide bonds. The first kappa shape index (κ1) is 12.8. The van der Waals surface area contributed by atoms with Crippen LogP contribution >= 0.6 is 11.6 Å². The Hall–Kier alpha value is -2.22. The molecule has 0 aliphatic rings. The summed E-state index contributed by atoms with van der Waals surface area (Å²) in [7, 11) is 0. The van der Waals surface area contributed by atoms with Gasteiger partial charge in [-0.25, -0.2) is 4.79 Å². The maximum atomic E-state index is 10.5. The minimum absolute atomic E-state index is 0.111. The first-order valence-electron chi connectivity index (χ1n) is 4.15. The predicted octanol–water partition coefficient (Wildman–Crippen LogP) is 2.38. The van der Waals surface area contributed by atoms with E-state index in [2.05, 4.69) is 4.74 Å². The number of carbonyl (C=O) groups is 1. The molecule has 9 heteroatoms. The van der Waals surface area contributed by atoms with Gasteiger partial charge in [-0.3, -0.25) is 20.2 Å². The smallest absolute Gasteiger partial charge is 0.404 e. The molecule has 17 heavy (non-hydrogen) atoms. The third-order valence-corrected chi connectivity index (χ3v) is 1.85. The zero-order valence-corrected chi connectivity index (χ0v) is 8.92. The molecule has 0 aromatic heterocycles. The predicted molar refractivity (Wildman–Crippen MR) is 55.8 cm³/mol. The molecule has 0 bridgehead atoms. The van der Waals surface area contributed by atoms with Crippen molar-refractivity contribution in [1.29, 1.82) is 0 Å². The van der Waals surface area contributed by atoms with Gasteiger partial charge in [0.2, 0.25) is 0 Å². The summed E-state index contributed by atoms with van der Waals surface area (Å²) in [5.74, 6) is 0. The van der Waals surface area contributed by atoms with Gasteiger partial charge in [0.25, 0.3) is 11.4 Å². The molecule has 0 saturated heterocycles. The molecule has 0 heterocycles. The number of benzene rings is 1. The Morgan fingerprint density at radius 2 is 1.65 bits per heavy atom. The second kappa shape index (κ2) is 5.21. The Balaban J connectivity index is 3.08. The van der Waals surface area contributed by atoms with Gasteiger partial charge in [-0.05, 0) is 0 Å². The number of nitro benzene ring substituents is 2. The van der Waals surface area contributed by atoms with E-state index in [0.717, 1.165) is 18.2 Å². The van der Waals surface area contributed by atoms with Crippen LogP contribution in [0.25, 0.3) is 0 Å². The largest absolute Gasteiger partial charge is 0.449 e. The van der Waals surface area contributed by atoms with E-state index in [-0.39, 0.29) is 12.2 Å². The molecule has 0 N–H and O–H groups in total. The minimum atomic E-state index is -1.10. The third-order valence-electron chi connectivity index (χ3n) is 1.74. The van der Waals surface area contributed by atoms with E-state index in [9.17, 15) is 25.0 Å². The van der Waals surface area contributed by atoms with Crippen LogP contribution in [0.15, 0.2) is 18.2 Å². The Morgan fingerprint density at radius 3 is 2.00 bits per heavy atom. The number of hydrogen-bond acceptors (Lipinski definition) is 6. The molecule has 8 nitrogen and oxygen atoms in total. The summed E-state index contributed by atoms with van der Waals surface area (Å²) in [6.45, 7) is -0.370. The van der Waals surface area contributed by atoms with Crippen LogP contribution < -0.4 is 0 Å². The molecule has 0 aliphatic heterocycles. The van der Waals surface area contributed by atoms with Crippen molar-refractivity contribution in [2.45, 2.75) is 6.61 Å². The number of non-ortho nitro benzene ring substituents is 2. The quantitative estimate of drug-likeness (QED) is 0.466. The summed E-state index contributed by atoms with van der Waals surface area (Å²) in [6.07, 6.45) is 0. The highest BCUT2D eigenvalue weighted by atomic mass is 35.5. The third kappa shape index (κ3) is 3.68. The van der Waals surface area contributed by atoms with Gasteiger partial charge in [-0.2, -0.15) is 0 Å². The fourth-order valence-electron chi connectivity index (χ4n) is 1.09. The van der Waals surface area contributed by atoms with Gasteiger partial charge in [0.1, 0.15) is 6.61 Å². The van der Waals surface area contributed by atoms with Crippen LogP contribution in [0, 0.1) is 20.2 Å². The Morgan fingerprint density at radius 1 is 1.18 bits per heavy atom. The topological polar surface area (TPSA) is 113 Å². The standard InChI is InChI=1S/C8H5ClN2O6/c9-8(12)17-4-5-1-6(10(13)14)3-7(2-5)11(15)16/h1-3H,4H2. The number of nitrogens with zero attached hydrogens (tertiary/aromatic N) is 2. The second-order valence-electron chi connectivity index (χ2n) is 2.90. The van der Waals surface area contributed by atoms with Crippen LogP contribution in [0.5, 0.6) is 0 Å². The summed E-state index contributed by atoms with van der Waals surface area (Å²) in [6, 6.07) is 2.94. The van der Waals surface area contributed by atoms with Crippen LogP contribution in [-0.2, 0) is 11.3 Å². The lowest BCUT2D eigenvalue weighted by atomic mass is 10.2. The van der Waals surface area contributed by atoms with Crippen molar-refractivity contribution in [2.75, 3.05) is 0 Å². The van der Waals surface area contributed by atoms with E-state index in [0.29, 0.717) is 0 Å².